The van der Waals surface area contributed by atoms with Gasteiger partial charge in [-0.3, -0.25) is 0 Å². The number of aryl methyl sites for hydroxylation is 3. The van der Waals surface area contributed by atoms with Crippen molar-refractivity contribution in [3.63, 3.8) is 0 Å². The summed E-state index contributed by atoms with van der Waals surface area (Å²) in [6.45, 7) is 1.95. The Balaban J connectivity index is 1.55. The van der Waals surface area contributed by atoms with Gasteiger partial charge in [0.25, 0.3) is 0 Å². The molecular weight excluding hydrogens is 334 g/mol. The molecule has 2 aromatic heterocycles. The van der Waals surface area contributed by atoms with Gasteiger partial charge in [-0.05, 0) is 49.4 Å². The third-order valence-electron chi connectivity index (χ3n) is 3.98. The van der Waals surface area contributed by atoms with Gasteiger partial charge in [0.05, 0.1) is 11.4 Å². The second-order valence-corrected chi connectivity index (χ2v) is 8.35. The Morgan fingerprint density at radius 1 is 1.26 bits per heavy atom. The van der Waals surface area contributed by atoms with Crippen molar-refractivity contribution in [2.75, 3.05) is 0 Å². The number of nitrogens with zero attached hydrogens (tertiary/aromatic N) is 4. The van der Waals surface area contributed by atoms with E-state index in [2.05, 4.69) is 20.0 Å². The molecule has 1 N–H and O–H groups in total. The second-order valence-electron chi connectivity index (χ2n) is 5.55. The van der Waals surface area contributed by atoms with Gasteiger partial charge in [0.1, 0.15) is 5.01 Å². The minimum Gasteiger partial charge on any atom is -0.207 e. The van der Waals surface area contributed by atoms with Gasteiger partial charge in [-0.2, -0.15) is 9.61 Å². The molecule has 0 radical (unpaired) electrons. The highest BCUT2D eigenvalue weighted by Crippen LogP contribution is 2.24. The molecule has 4 rings (SSSR count). The molecule has 0 saturated carbocycles. The summed E-state index contributed by atoms with van der Waals surface area (Å²) in [5, 5.41) is 12.8. The SMILES string of the molecule is Cc1nnc2sc(CNS(=O)(=O)c3ccc4c(c3)CCC4)nn12. The lowest BCUT2D eigenvalue weighted by Crippen LogP contribution is -2.23. The average molecular weight is 349 g/mol. The van der Waals surface area contributed by atoms with E-state index in [1.807, 2.05) is 6.07 Å². The maximum Gasteiger partial charge on any atom is 0.240 e. The number of nitrogens with one attached hydrogen (secondary N) is 1. The van der Waals surface area contributed by atoms with Crippen LogP contribution in [-0.2, 0) is 29.4 Å². The summed E-state index contributed by atoms with van der Waals surface area (Å²) in [5.41, 5.74) is 2.40. The van der Waals surface area contributed by atoms with Crippen molar-refractivity contribution in [2.24, 2.45) is 0 Å². The van der Waals surface area contributed by atoms with Gasteiger partial charge in [0, 0.05) is 0 Å². The third kappa shape index (κ3) is 2.64. The van der Waals surface area contributed by atoms with Crippen molar-refractivity contribution in [3.8, 4) is 0 Å². The van der Waals surface area contributed by atoms with E-state index in [0.29, 0.717) is 20.7 Å². The van der Waals surface area contributed by atoms with E-state index >= 15 is 0 Å². The topological polar surface area (TPSA) is 89.2 Å². The summed E-state index contributed by atoms with van der Waals surface area (Å²) in [7, 11) is -3.54. The summed E-state index contributed by atoms with van der Waals surface area (Å²) in [6, 6.07) is 5.38. The molecule has 2 heterocycles. The van der Waals surface area contributed by atoms with E-state index in [1.165, 1.54) is 16.9 Å². The molecule has 1 aliphatic rings. The molecular formula is C14H15N5O2S2. The molecule has 0 saturated heterocycles. The van der Waals surface area contributed by atoms with Crippen LogP contribution in [0.2, 0.25) is 0 Å². The van der Waals surface area contributed by atoms with Crippen molar-refractivity contribution in [2.45, 2.75) is 37.6 Å². The van der Waals surface area contributed by atoms with E-state index in [0.717, 1.165) is 24.8 Å². The molecule has 0 fully saturated rings. The van der Waals surface area contributed by atoms with Crippen molar-refractivity contribution >= 4 is 26.3 Å². The molecule has 1 aromatic carbocycles. The standard InChI is InChI=1S/C14H15N5O2S2/c1-9-16-17-14-19(9)18-13(22-14)8-15-23(20,21)12-6-5-10-3-2-4-11(10)7-12/h5-7,15H,2-4,8H2,1H3. The van der Waals surface area contributed by atoms with Crippen LogP contribution in [-0.4, -0.2) is 28.2 Å². The van der Waals surface area contributed by atoms with Crippen LogP contribution in [0.4, 0.5) is 0 Å². The Kier molecular flexibility index (Phi) is 3.43. The highest BCUT2D eigenvalue weighted by atomic mass is 32.2. The minimum atomic E-state index is -3.54. The quantitative estimate of drug-likeness (QED) is 0.770. The lowest BCUT2D eigenvalue weighted by molar-refractivity contribution is 0.580. The first-order valence-corrected chi connectivity index (χ1v) is 9.62. The van der Waals surface area contributed by atoms with Crippen LogP contribution < -0.4 is 4.72 Å². The molecule has 120 valence electrons. The predicted octanol–water partition coefficient (Wildman–Crippen LogP) is 1.46. The van der Waals surface area contributed by atoms with Crippen LogP contribution in [0.5, 0.6) is 0 Å². The van der Waals surface area contributed by atoms with Crippen LogP contribution in [0.3, 0.4) is 0 Å². The van der Waals surface area contributed by atoms with E-state index in [4.69, 9.17) is 0 Å². The lowest BCUT2D eigenvalue weighted by atomic mass is 10.1. The van der Waals surface area contributed by atoms with E-state index in [9.17, 15) is 8.42 Å². The lowest BCUT2D eigenvalue weighted by Gasteiger charge is -2.07. The van der Waals surface area contributed by atoms with Crippen molar-refractivity contribution in [3.05, 3.63) is 40.2 Å². The number of fused-ring (bicyclic) bond motifs is 2. The fourth-order valence-corrected chi connectivity index (χ4v) is 4.73. The molecule has 9 heteroatoms. The Morgan fingerprint density at radius 3 is 2.91 bits per heavy atom. The fraction of sp³-hybridized carbons (Fsp3) is 0.357. The van der Waals surface area contributed by atoms with Crippen molar-refractivity contribution in [1.82, 2.24) is 24.5 Å². The van der Waals surface area contributed by atoms with Gasteiger partial charge in [-0.15, -0.1) is 10.2 Å². The largest absolute Gasteiger partial charge is 0.240 e. The zero-order chi connectivity index (χ0) is 16.0. The van der Waals surface area contributed by atoms with Gasteiger partial charge >= 0.3 is 0 Å². The number of rotatable bonds is 4. The Bertz CT molecular complexity index is 990. The molecule has 0 amide bonds. The van der Waals surface area contributed by atoms with E-state index < -0.39 is 10.0 Å². The summed E-state index contributed by atoms with van der Waals surface area (Å²) in [5.74, 6) is 0.684. The molecule has 0 aliphatic heterocycles. The Labute approximate surface area is 137 Å². The normalized spacial score (nSPS) is 14.5. The maximum absolute atomic E-state index is 12.5. The monoisotopic (exact) mass is 349 g/mol. The molecule has 0 atom stereocenters. The molecule has 0 bridgehead atoms. The van der Waals surface area contributed by atoms with Crippen LogP contribution in [0.25, 0.3) is 4.96 Å². The Morgan fingerprint density at radius 2 is 2.09 bits per heavy atom. The first-order valence-electron chi connectivity index (χ1n) is 7.32. The maximum atomic E-state index is 12.5. The molecule has 3 aromatic rings. The molecule has 7 nitrogen and oxygen atoms in total. The van der Waals surface area contributed by atoms with Crippen LogP contribution in [0, 0.1) is 6.92 Å². The first kappa shape index (κ1) is 14.7. The van der Waals surface area contributed by atoms with E-state index in [-0.39, 0.29) is 6.54 Å². The molecule has 1 aliphatic carbocycles. The number of hydrogen-bond donors (Lipinski definition) is 1. The highest BCUT2D eigenvalue weighted by Gasteiger charge is 2.19. The Hall–Kier alpha value is -1.84. The summed E-state index contributed by atoms with van der Waals surface area (Å²) in [6.07, 6.45) is 3.09. The summed E-state index contributed by atoms with van der Waals surface area (Å²) in [4.78, 5) is 0.978. The third-order valence-corrected chi connectivity index (χ3v) is 6.28. The molecule has 0 unspecified atom stereocenters. The second kappa shape index (κ2) is 5.36. The number of hydrogen-bond acceptors (Lipinski definition) is 6. The molecule has 23 heavy (non-hydrogen) atoms. The van der Waals surface area contributed by atoms with Crippen LogP contribution in [0.1, 0.15) is 28.4 Å². The minimum absolute atomic E-state index is 0.146. The first-order chi connectivity index (χ1) is 11.0. The number of sulfonamides is 1. The molecule has 0 spiro atoms. The van der Waals surface area contributed by atoms with Gasteiger partial charge in [0.15, 0.2) is 5.82 Å². The van der Waals surface area contributed by atoms with Crippen molar-refractivity contribution in [1.29, 1.82) is 0 Å². The van der Waals surface area contributed by atoms with Crippen LogP contribution >= 0.6 is 11.3 Å². The van der Waals surface area contributed by atoms with Crippen LogP contribution in [0.15, 0.2) is 23.1 Å². The highest BCUT2D eigenvalue weighted by molar-refractivity contribution is 7.89. The predicted molar refractivity (Wildman–Crippen MR) is 85.9 cm³/mol. The zero-order valence-electron chi connectivity index (χ0n) is 12.5. The van der Waals surface area contributed by atoms with E-state index in [1.54, 1.807) is 23.6 Å². The summed E-state index contributed by atoms with van der Waals surface area (Å²) >= 11 is 1.33. The number of aromatic nitrogens is 4. The number of benzene rings is 1. The smallest absolute Gasteiger partial charge is 0.207 e. The average Bonchev–Trinajstić information content (AvgIpc) is 3.22. The zero-order valence-corrected chi connectivity index (χ0v) is 14.1. The summed E-state index contributed by atoms with van der Waals surface area (Å²) < 4.78 is 29.1. The van der Waals surface area contributed by atoms with Crippen molar-refractivity contribution < 1.29 is 8.42 Å². The fourth-order valence-electron chi connectivity index (χ4n) is 2.78. The van der Waals surface area contributed by atoms with Gasteiger partial charge in [0.2, 0.25) is 15.0 Å². The van der Waals surface area contributed by atoms with Gasteiger partial charge in [-0.1, -0.05) is 17.4 Å². The van der Waals surface area contributed by atoms with Gasteiger partial charge < -0.3 is 0 Å². The van der Waals surface area contributed by atoms with Gasteiger partial charge in [-0.25, -0.2) is 13.1 Å².